The first kappa shape index (κ1) is 15.6. The molecule has 6 heteroatoms. The monoisotopic (exact) mass is 296 g/mol. The van der Waals surface area contributed by atoms with E-state index in [1.165, 1.54) is 0 Å². The smallest absolute Gasteiger partial charge is 0.262 e. The van der Waals surface area contributed by atoms with E-state index >= 15 is 0 Å². The third-order valence-corrected chi connectivity index (χ3v) is 3.76. The zero-order chi connectivity index (χ0) is 15.9. The van der Waals surface area contributed by atoms with Gasteiger partial charge in [0.2, 0.25) is 0 Å². The van der Waals surface area contributed by atoms with E-state index in [-0.39, 0.29) is 23.6 Å². The summed E-state index contributed by atoms with van der Waals surface area (Å²) in [6.45, 7) is 5.69. The fraction of sp³-hybridized carbons (Fsp3) is 0.467. The Morgan fingerprint density at radius 2 is 1.57 bits per heavy atom. The number of hydrogen-bond acceptors (Lipinski definition) is 3. The molecule has 4 nitrogen and oxygen atoms in total. The number of fused-ring (bicyclic) bond motifs is 1. The molecule has 2 rings (SSSR count). The van der Waals surface area contributed by atoms with Gasteiger partial charge in [-0.25, -0.2) is 8.78 Å². The van der Waals surface area contributed by atoms with E-state index in [1.807, 2.05) is 13.8 Å². The summed E-state index contributed by atoms with van der Waals surface area (Å²) in [5.74, 6) is -3.33. The molecule has 0 saturated heterocycles. The van der Waals surface area contributed by atoms with Gasteiger partial charge in [-0.2, -0.15) is 0 Å². The Bertz CT molecular complexity index is 575. The van der Waals surface area contributed by atoms with Crippen molar-refractivity contribution in [3.63, 3.8) is 0 Å². The molecule has 1 aromatic carbocycles. The lowest BCUT2D eigenvalue weighted by Gasteiger charge is -2.37. The molecular weight excluding hydrogens is 278 g/mol. The fourth-order valence-electron chi connectivity index (χ4n) is 2.87. The highest BCUT2D eigenvalue weighted by Gasteiger charge is 2.46. The molecule has 0 bridgehead atoms. The molecule has 2 N–H and O–H groups in total. The Morgan fingerprint density at radius 1 is 1.14 bits per heavy atom. The van der Waals surface area contributed by atoms with Crippen LogP contribution in [0.5, 0.6) is 0 Å². The van der Waals surface area contributed by atoms with Crippen LogP contribution in [-0.4, -0.2) is 28.8 Å². The fourth-order valence-corrected chi connectivity index (χ4v) is 2.87. The molecule has 0 saturated carbocycles. The van der Waals surface area contributed by atoms with Crippen LogP contribution in [0, 0.1) is 17.6 Å². The van der Waals surface area contributed by atoms with Gasteiger partial charge >= 0.3 is 0 Å². The molecule has 114 valence electrons. The highest BCUT2D eigenvalue weighted by atomic mass is 19.2. The summed E-state index contributed by atoms with van der Waals surface area (Å²) < 4.78 is 26.6. The Labute approximate surface area is 121 Å². The Balaban J connectivity index is 2.50. The van der Waals surface area contributed by atoms with Gasteiger partial charge in [0, 0.05) is 6.54 Å². The summed E-state index contributed by atoms with van der Waals surface area (Å²) in [7, 11) is 0. The quantitative estimate of drug-likeness (QED) is 0.867. The summed E-state index contributed by atoms with van der Waals surface area (Å²) in [6, 6.07) is 1.55. The van der Waals surface area contributed by atoms with Gasteiger partial charge in [-0.05, 0) is 31.4 Å². The van der Waals surface area contributed by atoms with E-state index in [0.29, 0.717) is 6.42 Å². The largest absolute Gasteiger partial charge is 0.328 e. The van der Waals surface area contributed by atoms with Gasteiger partial charge in [0.15, 0.2) is 11.6 Å². The molecular formula is C15H18F2N2O2. The lowest BCUT2D eigenvalue weighted by atomic mass is 9.89. The van der Waals surface area contributed by atoms with Crippen LogP contribution in [-0.2, 0) is 0 Å². The number of rotatable bonds is 4. The summed E-state index contributed by atoms with van der Waals surface area (Å²) in [4.78, 5) is 25.9. The summed E-state index contributed by atoms with van der Waals surface area (Å²) >= 11 is 0. The van der Waals surface area contributed by atoms with Crippen LogP contribution in [0.15, 0.2) is 12.1 Å². The van der Waals surface area contributed by atoms with E-state index in [4.69, 9.17) is 5.73 Å². The molecule has 1 aromatic rings. The predicted molar refractivity (Wildman–Crippen MR) is 73.8 cm³/mol. The maximum Gasteiger partial charge on any atom is 0.262 e. The van der Waals surface area contributed by atoms with Gasteiger partial charge in [0.1, 0.15) is 0 Å². The van der Waals surface area contributed by atoms with Gasteiger partial charge in [0.05, 0.1) is 16.7 Å². The van der Waals surface area contributed by atoms with Gasteiger partial charge in [-0.15, -0.1) is 0 Å². The topological polar surface area (TPSA) is 63.4 Å². The van der Waals surface area contributed by atoms with Crippen LogP contribution in [0.2, 0.25) is 0 Å². The Kier molecular flexibility index (Phi) is 3.84. The zero-order valence-corrected chi connectivity index (χ0v) is 12.2. The molecule has 1 aliphatic rings. The number of hydrogen-bond donors (Lipinski definition) is 1. The highest BCUT2D eigenvalue weighted by Crippen LogP contribution is 2.33. The number of benzene rings is 1. The maximum atomic E-state index is 13.3. The lowest BCUT2D eigenvalue weighted by Crippen LogP contribution is -2.55. The average molecular weight is 296 g/mol. The number of carbonyl (C=O) groups is 2. The number of halogens is 2. The minimum absolute atomic E-state index is 0.0849. The van der Waals surface area contributed by atoms with E-state index in [0.717, 1.165) is 17.0 Å². The molecule has 0 aromatic heterocycles. The van der Waals surface area contributed by atoms with Gasteiger partial charge in [0.25, 0.3) is 11.8 Å². The van der Waals surface area contributed by atoms with Crippen LogP contribution in [0.1, 0.15) is 47.9 Å². The van der Waals surface area contributed by atoms with Crippen LogP contribution < -0.4 is 5.73 Å². The van der Waals surface area contributed by atoms with Crippen molar-refractivity contribution >= 4 is 11.8 Å². The molecule has 21 heavy (non-hydrogen) atoms. The van der Waals surface area contributed by atoms with E-state index < -0.39 is 29.0 Å². The lowest BCUT2D eigenvalue weighted by molar-refractivity contribution is 0.0427. The highest BCUT2D eigenvalue weighted by molar-refractivity contribution is 6.21. The molecule has 0 radical (unpaired) electrons. The Morgan fingerprint density at radius 3 is 1.90 bits per heavy atom. The summed E-state index contributed by atoms with van der Waals surface area (Å²) in [5.41, 5.74) is 4.66. The molecule has 2 amide bonds. The zero-order valence-electron chi connectivity index (χ0n) is 12.2. The van der Waals surface area contributed by atoms with Gasteiger partial charge < -0.3 is 5.73 Å². The van der Waals surface area contributed by atoms with Crippen molar-refractivity contribution in [1.82, 2.24) is 4.90 Å². The van der Waals surface area contributed by atoms with Crippen LogP contribution in [0.3, 0.4) is 0 Å². The van der Waals surface area contributed by atoms with Gasteiger partial charge in [-0.1, -0.05) is 13.8 Å². The van der Waals surface area contributed by atoms with Crippen molar-refractivity contribution in [1.29, 1.82) is 0 Å². The second kappa shape index (κ2) is 5.18. The first-order valence-electron chi connectivity index (χ1n) is 6.79. The molecule has 1 aliphatic heterocycles. The third kappa shape index (κ3) is 2.44. The van der Waals surface area contributed by atoms with Crippen molar-refractivity contribution in [3.05, 3.63) is 34.9 Å². The standard InChI is InChI=1S/C15H18F2N2O2/c1-8(2)6-15(3,7-18)19-13(20)9-4-11(16)12(17)5-10(9)14(19)21/h4-5,8H,6-7,18H2,1-3H3. The first-order valence-corrected chi connectivity index (χ1v) is 6.79. The molecule has 1 heterocycles. The number of imide groups is 1. The normalized spacial score (nSPS) is 17.4. The van der Waals surface area contributed by atoms with Crippen molar-refractivity contribution in [3.8, 4) is 0 Å². The third-order valence-electron chi connectivity index (χ3n) is 3.76. The number of carbonyl (C=O) groups excluding carboxylic acids is 2. The predicted octanol–water partition coefficient (Wildman–Crippen LogP) is 2.32. The molecule has 0 spiro atoms. The van der Waals surface area contributed by atoms with Crippen LogP contribution in [0.25, 0.3) is 0 Å². The van der Waals surface area contributed by atoms with Crippen molar-refractivity contribution in [2.45, 2.75) is 32.7 Å². The minimum Gasteiger partial charge on any atom is -0.328 e. The van der Waals surface area contributed by atoms with Crippen molar-refractivity contribution < 1.29 is 18.4 Å². The van der Waals surface area contributed by atoms with Crippen LogP contribution >= 0.6 is 0 Å². The number of nitrogens with two attached hydrogens (primary N) is 1. The maximum absolute atomic E-state index is 13.3. The van der Waals surface area contributed by atoms with E-state index in [1.54, 1.807) is 6.92 Å². The minimum atomic E-state index is -1.14. The SMILES string of the molecule is CC(C)CC(C)(CN)N1C(=O)c2cc(F)c(F)cc2C1=O. The second-order valence-electron chi connectivity index (χ2n) is 6.06. The molecule has 1 atom stereocenters. The second-order valence-corrected chi connectivity index (χ2v) is 6.06. The summed E-state index contributed by atoms with van der Waals surface area (Å²) in [6.07, 6.45) is 0.514. The number of nitrogens with zero attached hydrogens (tertiary/aromatic N) is 1. The van der Waals surface area contributed by atoms with E-state index in [9.17, 15) is 18.4 Å². The molecule has 0 fully saturated rings. The summed E-state index contributed by atoms with van der Waals surface area (Å²) in [5, 5.41) is 0. The number of amides is 2. The van der Waals surface area contributed by atoms with Gasteiger partial charge in [-0.3, -0.25) is 14.5 Å². The van der Waals surface area contributed by atoms with Crippen molar-refractivity contribution in [2.75, 3.05) is 6.54 Å². The van der Waals surface area contributed by atoms with Crippen molar-refractivity contribution in [2.24, 2.45) is 11.7 Å². The average Bonchev–Trinajstić information content (AvgIpc) is 2.62. The van der Waals surface area contributed by atoms with Crippen LogP contribution in [0.4, 0.5) is 8.78 Å². The van der Waals surface area contributed by atoms with E-state index in [2.05, 4.69) is 0 Å². The first-order chi connectivity index (χ1) is 9.71. The Hall–Kier alpha value is -1.82. The molecule has 1 unspecified atom stereocenters. The molecule has 0 aliphatic carbocycles.